The smallest absolute Gasteiger partial charge is 0.290 e. The summed E-state index contributed by atoms with van der Waals surface area (Å²) in [6, 6.07) is 7.57. The highest BCUT2D eigenvalue weighted by molar-refractivity contribution is 5.94. The standard InChI is InChI=1S/C18H22N4O2.CH2O2/c1-2-20-18(24)14-3-4-17(21-10-14)22-11-15(16(23)12-22)9-13-5-7-19-8-6-13;2-1-3/h3-8,10,15-16,23H,2,9,11-12H2,1H3,(H,20,24);1H,(H,2,3)/t15-,16+;/m1./s1. The van der Waals surface area contributed by atoms with E-state index in [-0.39, 0.29) is 24.4 Å². The predicted molar refractivity (Wildman–Crippen MR) is 101 cm³/mol. The van der Waals surface area contributed by atoms with Gasteiger partial charge in [-0.2, -0.15) is 0 Å². The van der Waals surface area contributed by atoms with Crippen LogP contribution in [0.2, 0.25) is 0 Å². The summed E-state index contributed by atoms with van der Waals surface area (Å²) in [5.41, 5.74) is 1.73. The summed E-state index contributed by atoms with van der Waals surface area (Å²) in [4.78, 5) is 30.6. The molecule has 0 spiro atoms. The van der Waals surface area contributed by atoms with Gasteiger partial charge in [0.2, 0.25) is 0 Å². The Morgan fingerprint density at radius 3 is 2.59 bits per heavy atom. The molecule has 8 heteroatoms. The van der Waals surface area contributed by atoms with E-state index in [9.17, 15) is 9.90 Å². The van der Waals surface area contributed by atoms with E-state index >= 15 is 0 Å². The normalized spacial score (nSPS) is 18.4. The number of amides is 1. The molecule has 2 aromatic heterocycles. The van der Waals surface area contributed by atoms with Crippen molar-refractivity contribution in [3.05, 3.63) is 54.0 Å². The molecule has 0 unspecified atom stereocenters. The van der Waals surface area contributed by atoms with Gasteiger partial charge in [0.05, 0.1) is 11.7 Å². The number of hydrogen-bond acceptors (Lipinski definition) is 6. The van der Waals surface area contributed by atoms with Crippen LogP contribution < -0.4 is 10.2 Å². The molecule has 2 aromatic rings. The van der Waals surface area contributed by atoms with Crippen molar-refractivity contribution < 1.29 is 19.8 Å². The molecule has 27 heavy (non-hydrogen) atoms. The van der Waals surface area contributed by atoms with E-state index in [1.165, 1.54) is 5.56 Å². The minimum Gasteiger partial charge on any atom is -0.483 e. The van der Waals surface area contributed by atoms with Crippen molar-refractivity contribution in [1.82, 2.24) is 15.3 Å². The second-order valence-electron chi connectivity index (χ2n) is 6.16. The topological polar surface area (TPSA) is 116 Å². The van der Waals surface area contributed by atoms with E-state index in [1.807, 2.05) is 25.1 Å². The van der Waals surface area contributed by atoms with Gasteiger partial charge in [0.15, 0.2) is 0 Å². The van der Waals surface area contributed by atoms with Gasteiger partial charge in [0.25, 0.3) is 12.4 Å². The van der Waals surface area contributed by atoms with Gasteiger partial charge < -0.3 is 20.4 Å². The van der Waals surface area contributed by atoms with E-state index in [0.717, 1.165) is 18.8 Å². The van der Waals surface area contributed by atoms with Crippen LogP contribution in [0.1, 0.15) is 22.8 Å². The van der Waals surface area contributed by atoms with Crippen molar-refractivity contribution in [2.24, 2.45) is 5.92 Å². The largest absolute Gasteiger partial charge is 0.483 e. The number of aliphatic hydroxyl groups is 1. The Bertz CT molecular complexity index is 724. The van der Waals surface area contributed by atoms with Crippen molar-refractivity contribution in [2.75, 3.05) is 24.5 Å². The first kappa shape index (κ1) is 20.3. The number of carboxylic acid groups (broad SMARTS) is 1. The Balaban J connectivity index is 0.000000817. The van der Waals surface area contributed by atoms with Gasteiger partial charge in [-0.05, 0) is 43.2 Å². The maximum Gasteiger partial charge on any atom is 0.290 e. The van der Waals surface area contributed by atoms with Gasteiger partial charge in [0.1, 0.15) is 5.82 Å². The highest BCUT2D eigenvalue weighted by atomic mass is 16.3. The number of β-amino-alcohol motifs (C(OH)–C–C–N with tert-alkyl or cyclic N) is 1. The quantitative estimate of drug-likeness (QED) is 0.670. The lowest BCUT2D eigenvalue weighted by molar-refractivity contribution is -0.122. The van der Waals surface area contributed by atoms with Crippen molar-refractivity contribution in [1.29, 1.82) is 0 Å². The van der Waals surface area contributed by atoms with E-state index in [4.69, 9.17) is 9.90 Å². The van der Waals surface area contributed by atoms with E-state index in [0.29, 0.717) is 18.7 Å². The number of aliphatic hydroxyl groups excluding tert-OH is 1. The maximum absolute atomic E-state index is 11.8. The summed E-state index contributed by atoms with van der Waals surface area (Å²) in [6.07, 6.45) is 5.56. The van der Waals surface area contributed by atoms with Crippen LogP contribution in [-0.4, -0.2) is 58.3 Å². The highest BCUT2D eigenvalue weighted by Gasteiger charge is 2.32. The van der Waals surface area contributed by atoms with Gasteiger partial charge in [-0.25, -0.2) is 4.98 Å². The maximum atomic E-state index is 11.8. The fourth-order valence-corrected chi connectivity index (χ4v) is 3.03. The van der Waals surface area contributed by atoms with Crippen molar-refractivity contribution in [3.63, 3.8) is 0 Å². The van der Waals surface area contributed by atoms with Crippen LogP contribution in [0.15, 0.2) is 42.9 Å². The Kier molecular flexibility index (Phi) is 7.69. The molecule has 0 aromatic carbocycles. The molecule has 0 radical (unpaired) electrons. The van der Waals surface area contributed by atoms with E-state index in [1.54, 1.807) is 24.7 Å². The molecule has 144 valence electrons. The molecule has 1 fully saturated rings. The third-order valence-corrected chi connectivity index (χ3v) is 4.33. The molecular formula is C19H24N4O4. The van der Waals surface area contributed by atoms with E-state index < -0.39 is 0 Å². The number of carbonyl (C=O) groups is 2. The molecule has 0 bridgehead atoms. The van der Waals surface area contributed by atoms with Gasteiger partial charge >= 0.3 is 0 Å². The first-order valence-corrected chi connectivity index (χ1v) is 8.73. The minimum absolute atomic E-state index is 0.117. The summed E-state index contributed by atoms with van der Waals surface area (Å²) in [6.45, 7) is 3.53. The number of nitrogens with one attached hydrogen (secondary N) is 1. The fourth-order valence-electron chi connectivity index (χ4n) is 3.03. The van der Waals surface area contributed by atoms with Crippen LogP contribution in [0.5, 0.6) is 0 Å². The second-order valence-corrected chi connectivity index (χ2v) is 6.16. The number of nitrogens with zero attached hydrogens (tertiary/aromatic N) is 3. The van der Waals surface area contributed by atoms with Crippen LogP contribution in [0, 0.1) is 5.92 Å². The Morgan fingerprint density at radius 2 is 2.00 bits per heavy atom. The lowest BCUT2D eigenvalue weighted by Crippen LogP contribution is -2.24. The summed E-state index contributed by atoms with van der Waals surface area (Å²) in [7, 11) is 0. The van der Waals surface area contributed by atoms with Crippen molar-refractivity contribution in [2.45, 2.75) is 19.4 Å². The molecule has 0 aliphatic carbocycles. The van der Waals surface area contributed by atoms with Crippen LogP contribution in [0.4, 0.5) is 5.82 Å². The molecular weight excluding hydrogens is 348 g/mol. The minimum atomic E-state index is -0.386. The van der Waals surface area contributed by atoms with Crippen LogP contribution in [0.25, 0.3) is 0 Å². The van der Waals surface area contributed by atoms with Gasteiger partial charge in [-0.1, -0.05) is 0 Å². The third-order valence-electron chi connectivity index (χ3n) is 4.33. The van der Waals surface area contributed by atoms with Crippen LogP contribution in [-0.2, 0) is 11.2 Å². The first-order valence-electron chi connectivity index (χ1n) is 8.73. The summed E-state index contributed by atoms with van der Waals surface area (Å²) < 4.78 is 0. The van der Waals surface area contributed by atoms with Gasteiger partial charge in [0, 0.05) is 44.1 Å². The average molecular weight is 372 g/mol. The molecule has 3 N–H and O–H groups in total. The molecule has 1 aliphatic heterocycles. The molecule has 3 heterocycles. The van der Waals surface area contributed by atoms with Crippen LogP contribution >= 0.6 is 0 Å². The molecule has 8 nitrogen and oxygen atoms in total. The molecule has 0 saturated carbocycles. The third kappa shape index (κ3) is 5.75. The highest BCUT2D eigenvalue weighted by Crippen LogP contribution is 2.25. The Morgan fingerprint density at radius 1 is 1.30 bits per heavy atom. The summed E-state index contributed by atoms with van der Waals surface area (Å²) in [5, 5.41) is 20.0. The number of carbonyl (C=O) groups excluding carboxylic acids is 1. The van der Waals surface area contributed by atoms with E-state index in [2.05, 4.69) is 20.2 Å². The molecule has 2 atom stereocenters. The Hall–Kier alpha value is -3.00. The molecule has 1 saturated heterocycles. The zero-order chi connectivity index (χ0) is 19.6. The average Bonchev–Trinajstić information content (AvgIpc) is 3.04. The SMILES string of the molecule is CCNC(=O)c1ccc(N2C[C@@H](Cc3ccncc3)[C@@H](O)C2)nc1.O=CO. The fraction of sp³-hybridized carbons (Fsp3) is 0.368. The number of rotatable bonds is 5. The number of anilines is 1. The molecule has 3 rings (SSSR count). The molecule has 1 aliphatic rings. The van der Waals surface area contributed by atoms with Gasteiger partial charge in [-0.3, -0.25) is 14.6 Å². The van der Waals surface area contributed by atoms with Crippen molar-refractivity contribution in [3.8, 4) is 0 Å². The zero-order valence-electron chi connectivity index (χ0n) is 15.2. The van der Waals surface area contributed by atoms with Gasteiger partial charge in [-0.15, -0.1) is 0 Å². The summed E-state index contributed by atoms with van der Waals surface area (Å²) >= 11 is 0. The zero-order valence-corrected chi connectivity index (χ0v) is 15.2. The first-order chi connectivity index (χ1) is 13.1. The number of pyridine rings is 2. The van der Waals surface area contributed by atoms with Crippen molar-refractivity contribution >= 4 is 18.2 Å². The predicted octanol–water partition coefficient (Wildman–Crippen LogP) is 0.967. The summed E-state index contributed by atoms with van der Waals surface area (Å²) in [5.74, 6) is 0.838. The lowest BCUT2D eigenvalue weighted by atomic mass is 9.97. The number of aromatic nitrogens is 2. The lowest BCUT2D eigenvalue weighted by Gasteiger charge is -2.17. The Labute approximate surface area is 157 Å². The number of hydrogen-bond donors (Lipinski definition) is 3. The second kappa shape index (κ2) is 10.2. The monoisotopic (exact) mass is 372 g/mol. The molecule has 1 amide bonds. The van der Waals surface area contributed by atoms with Crippen LogP contribution in [0.3, 0.4) is 0 Å².